The molecule has 4 rings (SSSR count). The van der Waals surface area contributed by atoms with Gasteiger partial charge in [-0.1, -0.05) is 18.2 Å². The monoisotopic (exact) mass is 507 g/mol. The van der Waals surface area contributed by atoms with Gasteiger partial charge in [0, 0.05) is 47.9 Å². The Labute approximate surface area is 218 Å². The second-order valence-electron chi connectivity index (χ2n) is 11.1. The van der Waals surface area contributed by atoms with Gasteiger partial charge in [0.1, 0.15) is 5.75 Å². The van der Waals surface area contributed by atoms with Crippen molar-refractivity contribution in [3.63, 3.8) is 0 Å². The summed E-state index contributed by atoms with van der Waals surface area (Å²) in [7, 11) is 1.61. The molecular formula is C29H37N3O5. The van der Waals surface area contributed by atoms with Crippen molar-refractivity contribution < 1.29 is 24.2 Å². The van der Waals surface area contributed by atoms with Gasteiger partial charge in [0.25, 0.3) is 5.91 Å². The summed E-state index contributed by atoms with van der Waals surface area (Å²) in [6.07, 6.45) is 1.96. The van der Waals surface area contributed by atoms with Gasteiger partial charge in [-0.25, -0.2) is 4.79 Å². The number of hydrogen-bond donors (Lipinski definition) is 2. The standard InChI is InChI=1S/C29H37N3O5/c1-18-9-12-21(15-25(18)37-5)30-26(33)19-10-13-22(14-11-19)31-17-24-20(7-6-8-23(24)27(31)34)16-32(28(35)36)29(2,3)4/h6-9,12,15,19,22H,10-11,13-14,16-17H2,1-5H3,(H,30,33)(H,35,36). The minimum Gasteiger partial charge on any atom is -0.496 e. The molecule has 1 aliphatic heterocycles. The minimum absolute atomic E-state index is 0.00128. The van der Waals surface area contributed by atoms with E-state index in [0.717, 1.165) is 41.0 Å². The summed E-state index contributed by atoms with van der Waals surface area (Å²) >= 11 is 0. The fraction of sp³-hybridized carbons (Fsp3) is 0.483. The number of nitrogens with one attached hydrogen (secondary N) is 1. The number of amides is 3. The van der Waals surface area contributed by atoms with Crippen molar-refractivity contribution in [2.45, 2.75) is 78.0 Å². The van der Waals surface area contributed by atoms with Crippen LogP contribution in [-0.2, 0) is 17.9 Å². The highest BCUT2D eigenvalue weighted by Gasteiger charge is 2.38. The van der Waals surface area contributed by atoms with E-state index < -0.39 is 11.6 Å². The number of rotatable bonds is 6. The molecule has 1 aliphatic carbocycles. The zero-order valence-electron chi connectivity index (χ0n) is 22.3. The number of ether oxygens (including phenoxy) is 1. The van der Waals surface area contributed by atoms with Gasteiger partial charge in [0.05, 0.1) is 7.11 Å². The first kappa shape index (κ1) is 26.5. The van der Waals surface area contributed by atoms with Gasteiger partial charge >= 0.3 is 6.09 Å². The van der Waals surface area contributed by atoms with Gasteiger partial charge in [0.2, 0.25) is 5.91 Å². The van der Waals surface area contributed by atoms with Crippen molar-refractivity contribution in [1.29, 1.82) is 0 Å². The molecule has 3 amide bonds. The Kier molecular flexibility index (Phi) is 7.48. The largest absolute Gasteiger partial charge is 0.496 e. The molecule has 8 nitrogen and oxygen atoms in total. The lowest BCUT2D eigenvalue weighted by molar-refractivity contribution is -0.121. The Bertz CT molecular complexity index is 1190. The molecule has 0 atom stereocenters. The molecule has 198 valence electrons. The Morgan fingerprint density at radius 1 is 1.14 bits per heavy atom. The van der Waals surface area contributed by atoms with Gasteiger partial charge in [-0.05, 0) is 82.2 Å². The van der Waals surface area contributed by atoms with E-state index in [0.29, 0.717) is 24.9 Å². The fourth-order valence-electron chi connectivity index (χ4n) is 5.42. The average Bonchev–Trinajstić information content (AvgIpc) is 3.20. The minimum atomic E-state index is -0.980. The van der Waals surface area contributed by atoms with Gasteiger partial charge in [-0.3, -0.25) is 14.5 Å². The second kappa shape index (κ2) is 10.4. The predicted molar refractivity (Wildman–Crippen MR) is 142 cm³/mol. The smallest absolute Gasteiger partial charge is 0.408 e. The summed E-state index contributed by atoms with van der Waals surface area (Å²) in [6.45, 7) is 8.27. The Morgan fingerprint density at radius 3 is 2.46 bits per heavy atom. The third-order valence-corrected chi connectivity index (χ3v) is 7.65. The lowest BCUT2D eigenvalue weighted by Crippen LogP contribution is -2.44. The van der Waals surface area contributed by atoms with Gasteiger partial charge < -0.3 is 20.1 Å². The maximum atomic E-state index is 13.3. The van der Waals surface area contributed by atoms with Crippen LogP contribution in [0.25, 0.3) is 0 Å². The number of carbonyl (C=O) groups excluding carboxylic acids is 2. The lowest BCUT2D eigenvalue weighted by Gasteiger charge is -2.34. The maximum Gasteiger partial charge on any atom is 0.408 e. The van der Waals surface area contributed by atoms with Crippen LogP contribution in [0.5, 0.6) is 5.75 Å². The number of aryl methyl sites for hydroxylation is 1. The molecule has 37 heavy (non-hydrogen) atoms. The first-order chi connectivity index (χ1) is 17.5. The summed E-state index contributed by atoms with van der Waals surface area (Å²) in [6, 6.07) is 11.3. The Morgan fingerprint density at radius 2 is 1.84 bits per heavy atom. The topological polar surface area (TPSA) is 99.2 Å². The number of carbonyl (C=O) groups is 3. The van der Waals surface area contributed by atoms with Crippen LogP contribution in [0.1, 0.15) is 73.5 Å². The summed E-state index contributed by atoms with van der Waals surface area (Å²) < 4.78 is 5.36. The highest BCUT2D eigenvalue weighted by molar-refractivity contribution is 5.99. The molecule has 0 unspecified atom stereocenters. The van der Waals surface area contributed by atoms with Gasteiger partial charge in [-0.2, -0.15) is 0 Å². The highest BCUT2D eigenvalue weighted by atomic mass is 16.5. The number of benzene rings is 2. The van der Waals surface area contributed by atoms with Crippen LogP contribution in [0.15, 0.2) is 36.4 Å². The van der Waals surface area contributed by atoms with E-state index in [2.05, 4.69) is 5.32 Å². The quantitative estimate of drug-likeness (QED) is 0.543. The van der Waals surface area contributed by atoms with E-state index in [9.17, 15) is 19.5 Å². The third kappa shape index (κ3) is 5.58. The fourth-order valence-corrected chi connectivity index (χ4v) is 5.42. The Hall–Kier alpha value is -3.55. The number of carboxylic acid groups (broad SMARTS) is 1. The molecule has 2 aromatic rings. The van der Waals surface area contributed by atoms with Crippen molar-refractivity contribution in [2.75, 3.05) is 12.4 Å². The molecule has 2 N–H and O–H groups in total. The number of methoxy groups -OCH3 is 1. The molecule has 2 aromatic carbocycles. The molecular weight excluding hydrogens is 470 g/mol. The van der Waals surface area contributed by atoms with Crippen LogP contribution in [0.4, 0.5) is 10.5 Å². The number of anilines is 1. The van der Waals surface area contributed by atoms with Gasteiger partial charge in [0.15, 0.2) is 0 Å². The van der Waals surface area contributed by atoms with Crippen LogP contribution in [-0.4, -0.2) is 51.5 Å². The molecule has 8 heteroatoms. The molecule has 1 saturated carbocycles. The third-order valence-electron chi connectivity index (χ3n) is 7.65. The van der Waals surface area contributed by atoms with E-state index in [1.54, 1.807) is 7.11 Å². The van der Waals surface area contributed by atoms with Crippen LogP contribution in [0, 0.1) is 12.8 Å². The first-order valence-corrected chi connectivity index (χ1v) is 12.9. The van der Waals surface area contributed by atoms with Crippen molar-refractivity contribution in [1.82, 2.24) is 9.80 Å². The molecule has 1 fully saturated rings. The lowest BCUT2D eigenvalue weighted by atomic mass is 9.84. The predicted octanol–water partition coefficient (Wildman–Crippen LogP) is 5.44. The van der Waals surface area contributed by atoms with Crippen LogP contribution in [0.2, 0.25) is 0 Å². The van der Waals surface area contributed by atoms with E-state index in [4.69, 9.17) is 4.74 Å². The van der Waals surface area contributed by atoms with Crippen molar-refractivity contribution in [2.24, 2.45) is 5.92 Å². The van der Waals surface area contributed by atoms with E-state index in [1.165, 1.54) is 4.90 Å². The summed E-state index contributed by atoms with van der Waals surface area (Å²) in [5, 5.41) is 12.8. The molecule has 2 aliphatic rings. The molecule has 0 saturated heterocycles. The van der Waals surface area contributed by atoms with Crippen molar-refractivity contribution >= 4 is 23.6 Å². The highest BCUT2D eigenvalue weighted by Crippen LogP contribution is 2.36. The van der Waals surface area contributed by atoms with Crippen molar-refractivity contribution in [3.8, 4) is 5.75 Å². The number of nitrogens with zero attached hydrogens (tertiary/aromatic N) is 2. The van der Waals surface area contributed by atoms with Crippen molar-refractivity contribution in [3.05, 3.63) is 58.7 Å². The normalized spacial score (nSPS) is 19.4. The number of fused-ring (bicyclic) bond motifs is 1. The van der Waals surface area contributed by atoms with E-state index in [1.807, 2.05) is 69.0 Å². The molecule has 0 radical (unpaired) electrons. The molecule has 1 heterocycles. The summed E-state index contributed by atoms with van der Waals surface area (Å²) in [4.78, 5) is 41.4. The average molecular weight is 508 g/mol. The van der Waals surface area contributed by atoms with Crippen LogP contribution >= 0.6 is 0 Å². The molecule has 0 spiro atoms. The van der Waals surface area contributed by atoms with E-state index in [-0.39, 0.29) is 30.3 Å². The molecule has 0 aromatic heterocycles. The Balaban J connectivity index is 1.40. The van der Waals surface area contributed by atoms with Crippen LogP contribution in [0.3, 0.4) is 0 Å². The zero-order chi connectivity index (χ0) is 26.9. The SMILES string of the molecule is COc1cc(NC(=O)C2CCC(N3Cc4c(CN(C(=O)O)C(C)(C)C)cccc4C3=O)CC2)ccc1C. The summed E-state index contributed by atoms with van der Waals surface area (Å²) in [5.41, 5.74) is 3.61. The maximum absolute atomic E-state index is 13.3. The van der Waals surface area contributed by atoms with Gasteiger partial charge in [-0.15, -0.1) is 0 Å². The van der Waals surface area contributed by atoms with Crippen LogP contribution < -0.4 is 10.1 Å². The number of hydrogen-bond acceptors (Lipinski definition) is 4. The summed E-state index contributed by atoms with van der Waals surface area (Å²) in [5.74, 6) is 0.629. The zero-order valence-corrected chi connectivity index (χ0v) is 22.3. The first-order valence-electron chi connectivity index (χ1n) is 12.9. The second-order valence-corrected chi connectivity index (χ2v) is 11.1. The van der Waals surface area contributed by atoms with E-state index >= 15 is 0 Å². The molecule has 0 bridgehead atoms.